The van der Waals surface area contributed by atoms with Gasteiger partial charge in [-0.3, -0.25) is 0 Å². The van der Waals surface area contributed by atoms with Gasteiger partial charge in [0.05, 0.1) is 23.3 Å². The molecule has 0 heterocycles. The van der Waals surface area contributed by atoms with Crippen LogP contribution >= 0.6 is 23.2 Å². The zero-order chi connectivity index (χ0) is 12.7. The monoisotopic (exact) mass is 275 g/mol. The average molecular weight is 276 g/mol. The third-order valence-electron chi connectivity index (χ3n) is 2.32. The smallest absolute Gasteiger partial charge is 0.0595 e. The molecule has 0 aliphatic carbocycles. The Balaban J connectivity index is 2.16. The summed E-state index contributed by atoms with van der Waals surface area (Å²) in [7, 11) is 0. The van der Waals surface area contributed by atoms with Gasteiger partial charge in [0.2, 0.25) is 0 Å². The number of benzene rings is 1. The van der Waals surface area contributed by atoms with E-state index in [1.807, 2.05) is 18.2 Å². The lowest BCUT2D eigenvalue weighted by atomic mass is 10.2. The van der Waals surface area contributed by atoms with Gasteiger partial charge < -0.3 is 10.1 Å². The van der Waals surface area contributed by atoms with E-state index in [1.54, 1.807) is 0 Å². The van der Waals surface area contributed by atoms with E-state index in [0.717, 1.165) is 25.1 Å². The van der Waals surface area contributed by atoms with Crippen molar-refractivity contribution in [1.29, 1.82) is 0 Å². The van der Waals surface area contributed by atoms with E-state index in [1.165, 1.54) is 0 Å². The van der Waals surface area contributed by atoms with Crippen LogP contribution in [-0.2, 0) is 11.2 Å². The van der Waals surface area contributed by atoms with Crippen LogP contribution in [0.3, 0.4) is 0 Å². The van der Waals surface area contributed by atoms with Crippen LogP contribution in [-0.4, -0.2) is 25.8 Å². The summed E-state index contributed by atoms with van der Waals surface area (Å²) in [6.45, 7) is 6.57. The number of nitrogens with one attached hydrogen (secondary N) is 1. The summed E-state index contributed by atoms with van der Waals surface area (Å²) in [5, 5.41) is 4.49. The molecule has 1 N–H and O–H groups in total. The molecule has 0 radical (unpaired) electrons. The second kappa shape index (κ2) is 7.93. The molecular formula is C13H19Cl2NO. The normalized spacial score (nSPS) is 11.1. The van der Waals surface area contributed by atoms with E-state index in [4.69, 9.17) is 27.9 Å². The molecule has 2 nitrogen and oxygen atoms in total. The van der Waals surface area contributed by atoms with Crippen molar-refractivity contribution in [2.75, 3.05) is 19.8 Å². The molecule has 1 aromatic carbocycles. The van der Waals surface area contributed by atoms with Crippen LogP contribution in [0, 0.1) is 0 Å². The maximum Gasteiger partial charge on any atom is 0.0595 e. The lowest BCUT2D eigenvalue weighted by Gasteiger charge is -2.08. The highest BCUT2D eigenvalue weighted by Gasteiger charge is 1.99. The fourth-order valence-electron chi connectivity index (χ4n) is 1.41. The summed E-state index contributed by atoms with van der Waals surface area (Å²) < 4.78 is 5.52. The third-order valence-corrected chi connectivity index (χ3v) is 3.06. The largest absolute Gasteiger partial charge is 0.380 e. The van der Waals surface area contributed by atoms with Crippen molar-refractivity contribution in [3.05, 3.63) is 33.8 Å². The van der Waals surface area contributed by atoms with E-state index >= 15 is 0 Å². The molecule has 0 aliphatic rings. The van der Waals surface area contributed by atoms with E-state index in [-0.39, 0.29) is 0 Å². The molecule has 17 heavy (non-hydrogen) atoms. The topological polar surface area (TPSA) is 21.3 Å². The number of ether oxygens (including phenoxy) is 1. The van der Waals surface area contributed by atoms with Gasteiger partial charge in [0.15, 0.2) is 0 Å². The molecule has 0 spiro atoms. The summed E-state index contributed by atoms with van der Waals surface area (Å²) >= 11 is 11.8. The lowest BCUT2D eigenvalue weighted by Crippen LogP contribution is -2.26. The van der Waals surface area contributed by atoms with Crippen molar-refractivity contribution < 1.29 is 4.74 Å². The van der Waals surface area contributed by atoms with Crippen LogP contribution in [0.5, 0.6) is 0 Å². The molecule has 0 unspecified atom stereocenters. The zero-order valence-electron chi connectivity index (χ0n) is 10.3. The van der Waals surface area contributed by atoms with Crippen LogP contribution in [0.15, 0.2) is 18.2 Å². The van der Waals surface area contributed by atoms with E-state index in [2.05, 4.69) is 19.2 Å². The Hall–Kier alpha value is -0.280. The minimum Gasteiger partial charge on any atom is -0.380 e. The van der Waals surface area contributed by atoms with Crippen molar-refractivity contribution in [2.45, 2.75) is 26.3 Å². The van der Waals surface area contributed by atoms with Gasteiger partial charge in [0.1, 0.15) is 0 Å². The quantitative estimate of drug-likeness (QED) is 0.769. The van der Waals surface area contributed by atoms with Gasteiger partial charge >= 0.3 is 0 Å². The van der Waals surface area contributed by atoms with Gasteiger partial charge in [-0.05, 0) is 24.1 Å². The number of hydrogen-bond donors (Lipinski definition) is 1. The van der Waals surface area contributed by atoms with Gasteiger partial charge in [-0.2, -0.15) is 0 Å². The average Bonchev–Trinajstić information content (AvgIpc) is 2.27. The highest BCUT2D eigenvalue weighted by atomic mass is 35.5. The minimum atomic E-state index is 0.508. The van der Waals surface area contributed by atoms with E-state index < -0.39 is 0 Å². The third kappa shape index (κ3) is 6.27. The fraction of sp³-hybridized carbons (Fsp3) is 0.538. The number of halogens is 2. The Kier molecular flexibility index (Phi) is 6.90. The molecule has 0 saturated heterocycles. The summed E-state index contributed by atoms with van der Waals surface area (Å²) in [4.78, 5) is 0. The molecule has 0 atom stereocenters. The minimum absolute atomic E-state index is 0.508. The first-order valence-electron chi connectivity index (χ1n) is 5.84. The van der Waals surface area contributed by atoms with E-state index in [9.17, 15) is 0 Å². The first kappa shape index (κ1) is 14.8. The van der Waals surface area contributed by atoms with E-state index in [0.29, 0.717) is 22.7 Å². The number of rotatable bonds is 7. The van der Waals surface area contributed by atoms with Gasteiger partial charge in [-0.25, -0.2) is 0 Å². The molecule has 0 amide bonds. The first-order chi connectivity index (χ1) is 8.09. The maximum atomic E-state index is 5.93. The van der Waals surface area contributed by atoms with Crippen LogP contribution in [0.4, 0.5) is 0 Å². The van der Waals surface area contributed by atoms with Gasteiger partial charge in [0.25, 0.3) is 0 Å². The highest BCUT2D eigenvalue weighted by molar-refractivity contribution is 6.42. The first-order valence-corrected chi connectivity index (χ1v) is 6.60. The van der Waals surface area contributed by atoms with Crippen molar-refractivity contribution >= 4 is 23.2 Å². The van der Waals surface area contributed by atoms with Crippen molar-refractivity contribution in [1.82, 2.24) is 5.32 Å². The maximum absolute atomic E-state index is 5.93. The molecule has 0 fully saturated rings. The lowest BCUT2D eigenvalue weighted by molar-refractivity contribution is 0.137. The standard InChI is InChI=1S/C13H19Cl2NO/c1-10(2)16-6-8-17-7-5-11-3-4-12(14)13(15)9-11/h3-4,9-10,16H,5-8H2,1-2H3. The van der Waals surface area contributed by atoms with Crippen molar-refractivity contribution in [2.24, 2.45) is 0 Å². The molecule has 0 bridgehead atoms. The molecule has 0 aromatic heterocycles. The molecule has 0 aliphatic heterocycles. The summed E-state index contributed by atoms with van der Waals surface area (Å²) in [6.07, 6.45) is 0.860. The Labute approximate surface area is 113 Å². The van der Waals surface area contributed by atoms with Crippen molar-refractivity contribution in [3.8, 4) is 0 Å². The van der Waals surface area contributed by atoms with Gasteiger partial charge in [-0.1, -0.05) is 43.1 Å². The second-order valence-corrected chi connectivity index (χ2v) is 5.03. The summed E-state index contributed by atoms with van der Waals surface area (Å²) in [6, 6.07) is 6.19. The van der Waals surface area contributed by atoms with Gasteiger partial charge in [0, 0.05) is 12.6 Å². The van der Waals surface area contributed by atoms with Crippen molar-refractivity contribution in [3.63, 3.8) is 0 Å². The fourth-order valence-corrected chi connectivity index (χ4v) is 1.73. The SMILES string of the molecule is CC(C)NCCOCCc1ccc(Cl)c(Cl)c1. The predicted octanol–water partition coefficient (Wildman–Crippen LogP) is 3.55. The highest BCUT2D eigenvalue weighted by Crippen LogP contribution is 2.22. The Bertz CT molecular complexity index is 342. The molecule has 96 valence electrons. The molecule has 0 saturated carbocycles. The zero-order valence-corrected chi connectivity index (χ0v) is 11.8. The second-order valence-electron chi connectivity index (χ2n) is 4.22. The van der Waals surface area contributed by atoms with Crippen LogP contribution in [0.1, 0.15) is 19.4 Å². The Morgan fingerprint density at radius 2 is 1.94 bits per heavy atom. The Morgan fingerprint density at radius 3 is 2.59 bits per heavy atom. The molecule has 4 heteroatoms. The number of hydrogen-bond acceptors (Lipinski definition) is 2. The molecular weight excluding hydrogens is 257 g/mol. The molecule has 1 rings (SSSR count). The van der Waals surface area contributed by atoms with Gasteiger partial charge in [-0.15, -0.1) is 0 Å². The summed E-state index contributed by atoms with van der Waals surface area (Å²) in [5.74, 6) is 0. The Morgan fingerprint density at radius 1 is 1.18 bits per heavy atom. The van der Waals surface area contributed by atoms with Crippen LogP contribution in [0.2, 0.25) is 10.0 Å². The summed E-state index contributed by atoms with van der Waals surface area (Å²) in [5.41, 5.74) is 1.15. The molecule has 1 aromatic rings. The predicted molar refractivity (Wildman–Crippen MR) is 74.1 cm³/mol. The van der Waals surface area contributed by atoms with Crippen LogP contribution < -0.4 is 5.32 Å². The van der Waals surface area contributed by atoms with Crippen LogP contribution in [0.25, 0.3) is 0 Å².